The van der Waals surface area contributed by atoms with Gasteiger partial charge in [-0.05, 0) is 43.2 Å². The molecule has 0 atom stereocenters. The summed E-state index contributed by atoms with van der Waals surface area (Å²) in [6.07, 6.45) is 1.81. The van der Waals surface area contributed by atoms with Gasteiger partial charge in [0.05, 0.1) is 5.69 Å². The number of piperidine rings is 1. The summed E-state index contributed by atoms with van der Waals surface area (Å²) in [6, 6.07) is 12.2. The van der Waals surface area contributed by atoms with Gasteiger partial charge in [0, 0.05) is 35.5 Å². The Bertz CT molecular complexity index is 844. The number of ether oxygens (including phenoxy) is 1. The highest BCUT2D eigenvalue weighted by atomic mass is 35.5. The van der Waals surface area contributed by atoms with E-state index in [1.54, 1.807) is 30.3 Å². The molecule has 0 bridgehead atoms. The molecule has 3 rings (SSSR count). The average molecular weight is 421 g/mol. The van der Waals surface area contributed by atoms with Crippen molar-refractivity contribution in [3.63, 3.8) is 0 Å². The monoisotopic (exact) mass is 420 g/mol. The second-order valence-electron chi connectivity index (χ2n) is 6.70. The molecule has 1 aliphatic rings. The minimum atomic E-state index is -0.130. The van der Waals surface area contributed by atoms with Gasteiger partial charge in [0.2, 0.25) is 11.8 Å². The number of carbonyl (C=O) groups excluding carboxylic acids is 2. The number of halogens is 2. The van der Waals surface area contributed by atoms with E-state index in [9.17, 15) is 9.59 Å². The molecule has 0 radical (unpaired) electrons. The van der Waals surface area contributed by atoms with E-state index in [1.165, 1.54) is 0 Å². The second-order valence-corrected chi connectivity index (χ2v) is 7.57. The highest BCUT2D eigenvalue weighted by molar-refractivity contribution is 6.34. The van der Waals surface area contributed by atoms with Gasteiger partial charge >= 0.3 is 0 Å². The molecule has 1 fully saturated rings. The molecule has 7 heteroatoms. The number of nitrogens with one attached hydrogen (secondary N) is 1. The number of anilines is 1. The summed E-state index contributed by atoms with van der Waals surface area (Å²) in [5, 5.41) is 3.89. The molecule has 2 aromatic rings. The topological polar surface area (TPSA) is 58.6 Å². The van der Waals surface area contributed by atoms with E-state index >= 15 is 0 Å². The minimum absolute atomic E-state index is 0.0660. The van der Waals surface area contributed by atoms with Crippen LogP contribution in [0.3, 0.4) is 0 Å². The smallest absolute Gasteiger partial charge is 0.227 e. The zero-order chi connectivity index (χ0) is 20.1. The summed E-state index contributed by atoms with van der Waals surface area (Å²) in [6.45, 7) is 3.08. The van der Waals surface area contributed by atoms with E-state index in [2.05, 4.69) is 5.32 Å². The Morgan fingerprint density at radius 3 is 2.39 bits per heavy atom. The van der Waals surface area contributed by atoms with E-state index in [4.69, 9.17) is 27.9 Å². The fourth-order valence-corrected chi connectivity index (χ4v) is 3.73. The first-order valence-electron chi connectivity index (χ1n) is 9.28. The molecule has 0 saturated carbocycles. The van der Waals surface area contributed by atoms with Crippen LogP contribution in [0.4, 0.5) is 5.69 Å². The van der Waals surface area contributed by atoms with Gasteiger partial charge in [-0.2, -0.15) is 0 Å². The van der Waals surface area contributed by atoms with Crippen molar-refractivity contribution >= 4 is 40.7 Å². The highest BCUT2D eigenvalue weighted by Crippen LogP contribution is 2.33. The van der Waals surface area contributed by atoms with E-state index in [1.807, 2.05) is 24.0 Å². The van der Waals surface area contributed by atoms with Gasteiger partial charge in [-0.1, -0.05) is 42.3 Å². The van der Waals surface area contributed by atoms with Crippen molar-refractivity contribution in [2.45, 2.75) is 26.2 Å². The molecule has 0 spiro atoms. The quantitative estimate of drug-likeness (QED) is 0.706. The number of rotatable bonds is 5. The second kappa shape index (κ2) is 9.30. The Morgan fingerprint density at radius 2 is 1.75 bits per heavy atom. The van der Waals surface area contributed by atoms with Crippen LogP contribution in [0.2, 0.25) is 10.0 Å². The number of amides is 2. The third kappa shape index (κ3) is 5.18. The summed E-state index contributed by atoms with van der Waals surface area (Å²) in [5.41, 5.74) is 0.579. The summed E-state index contributed by atoms with van der Waals surface area (Å²) in [5.74, 6) is 0.939. The number of carbonyl (C=O) groups is 2. The van der Waals surface area contributed by atoms with E-state index in [0.717, 1.165) is 0 Å². The molecule has 148 valence electrons. The molecule has 5 nitrogen and oxygen atoms in total. The van der Waals surface area contributed by atoms with Crippen molar-refractivity contribution in [1.82, 2.24) is 4.90 Å². The number of hydrogen-bond donors (Lipinski definition) is 1. The number of benzene rings is 2. The van der Waals surface area contributed by atoms with Gasteiger partial charge in [-0.3, -0.25) is 9.59 Å². The van der Waals surface area contributed by atoms with Gasteiger partial charge in [0.25, 0.3) is 0 Å². The van der Waals surface area contributed by atoms with Crippen molar-refractivity contribution in [3.8, 4) is 11.5 Å². The summed E-state index contributed by atoms with van der Waals surface area (Å²) in [4.78, 5) is 26.3. The first kappa shape index (κ1) is 20.5. The molecule has 1 aliphatic heterocycles. The molecule has 28 heavy (non-hydrogen) atoms. The molecular formula is C21H22Cl2N2O3. The van der Waals surface area contributed by atoms with Crippen molar-refractivity contribution in [3.05, 3.63) is 52.5 Å². The molecule has 1 N–H and O–H groups in total. The van der Waals surface area contributed by atoms with Crippen molar-refractivity contribution < 1.29 is 14.3 Å². The number of para-hydroxylation sites is 2. The van der Waals surface area contributed by atoms with Crippen molar-refractivity contribution in [2.75, 3.05) is 18.4 Å². The fourth-order valence-electron chi connectivity index (χ4n) is 3.22. The van der Waals surface area contributed by atoms with Crippen LogP contribution < -0.4 is 10.1 Å². The zero-order valence-corrected chi connectivity index (χ0v) is 17.1. The van der Waals surface area contributed by atoms with Crippen LogP contribution in [0.5, 0.6) is 11.5 Å². The van der Waals surface area contributed by atoms with Crippen LogP contribution in [0.1, 0.15) is 26.2 Å². The van der Waals surface area contributed by atoms with Crippen molar-refractivity contribution in [2.24, 2.45) is 5.92 Å². The van der Waals surface area contributed by atoms with Crippen LogP contribution >= 0.6 is 23.2 Å². The third-order valence-corrected chi connectivity index (χ3v) is 5.17. The lowest BCUT2D eigenvalue weighted by molar-refractivity contribution is -0.134. The molecular weight excluding hydrogens is 399 g/mol. The Labute approximate surface area is 174 Å². The Hall–Kier alpha value is -2.24. The number of nitrogens with zero attached hydrogens (tertiary/aromatic N) is 1. The summed E-state index contributed by atoms with van der Waals surface area (Å²) in [7, 11) is 0. The Kier molecular flexibility index (Phi) is 6.81. The maximum Gasteiger partial charge on any atom is 0.227 e. The zero-order valence-electron chi connectivity index (χ0n) is 15.6. The SMILES string of the molecule is CCC(=O)N1CCC(C(=O)Nc2ccccc2Oc2cc(Cl)cc(Cl)c2)CC1. The lowest BCUT2D eigenvalue weighted by Crippen LogP contribution is -2.41. The van der Waals surface area contributed by atoms with Gasteiger partial charge in [0.15, 0.2) is 5.75 Å². The molecule has 1 heterocycles. The first-order chi connectivity index (χ1) is 13.5. The van der Waals surface area contributed by atoms with Gasteiger partial charge in [-0.25, -0.2) is 0 Å². The normalized spacial score (nSPS) is 14.6. The van der Waals surface area contributed by atoms with Crippen LogP contribution in [-0.2, 0) is 9.59 Å². The van der Waals surface area contributed by atoms with Crippen LogP contribution in [0, 0.1) is 5.92 Å². The molecule has 0 aromatic heterocycles. The van der Waals surface area contributed by atoms with Gasteiger partial charge in [-0.15, -0.1) is 0 Å². The molecule has 1 saturated heterocycles. The predicted molar refractivity (Wildman–Crippen MR) is 111 cm³/mol. The van der Waals surface area contributed by atoms with E-state index < -0.39 is 0 Å². The maximum absolute atomic E-state index is 12.7. The first-order valence-corrected chi connectivity index (χ1v) is 10.0. The molecule has 2 amide bonds. The largest absolute Gasteiger partial charge is 0.455 e. The van der Waals surface area contributed by atoms with Crippen LogP contribution in [0.15, 0.2) is 42.5 Å². The lowest BCUT2D eigenvalue weighted by atomic mass is 9.95. The van der Waals surface area contributed by atoms with Gasteiger partial charge < -0.3 is 15.0 Å². The summed E-state index contributed by atoms with van der Waals surface area (Å²) >= 11 is 12.0. The molecule has 2 aromatic carbocycles. The molecule has 0 unspecified atom stereocenters. The standard InChI is InChI=1S/C21H22Cl2N2O3/c1-2-20(26)25-9-7-14(8-10-25)21(27)24-18-5-3-4-6-19(18)28-17-12-15(22)11-16(23)13-17/h3-6,11-14H,2,7-10H2,1H3,(H,24,27). The number of hydrogen-bond acceptors (Lipinski definition) is 3. The predicted octanol–water partition coefficient (Wildman–Crippen LogP) is 5.37. The Balaban J connectivity index is 1.66. The number of likely N-dealkylation sites (tertiary alicyclic amines) is 1. The highest BCUT2D eigenvalue weighted by Gasteiger charge is 2.27. The molecule has 0 aliphatic carbocycles. The van der Waals surface area contributed by atoms with Crippen LogP contribution in [-0.4, -0.2) is 29.8 Å². The summed E-state index contributed by atoms with van der Waals surface area (Å²) < 4.78 is 5.89. The average Bonchev–Trinajstić information content (AvgIpc) is 2.68. The van der Waals surface area contributed by atoms with Crippen LogP contribution in [0.25, 0.3) is 0 Å². The van der Waals surface area contributed by atoms with E-state index in [0.29, 0.717) is 59.6 Å². The van der Waals surface area contributed by atoms with Crippen molar-refractivity contribution in [1.29, 1.82) is 0 Å². The van der Waals surface area contributed by atoms with E-state index in [-0.39, 0.29) is 17.7 Å². The minimum Gasteiger partial charge on any atom is -0.455 e. The fraction of sp³-hybridized carbons (Fsp3) is 0.333. The third-order valence-electron chi connectivity index (χ3n) is 4.73. The lowest BCUT2D eigenvalue weighted by Gasteiger charge is -2.31. The van der Waals surface area contributed by atoms with Gasteiger partial charge in [0.1, 0.15) is 5.75 Å². The maximum atomic E-state index is 12.7. The Morgan fingerprint density at radius 1 is 1.11 bits per heavy atom.